The third kappa shape index (κ3) is 2.67. The number of urea groups is 1. The number of fused-ring (bicyclic) bond motifs is 1. The van der Waals surface area contributed by atoms with Crippen molar-refractivity contribution >= 4 is 16.8 Å². The lowest BCUT2D eigenvalue weighted by atomic mass is 10.2. The van der Waals surface area contributed by atoms with Gasteiger partial charge < -0.3 is 20.7 Å². The molecule has 0 spiro atoms. The molecule has 9 nitrogen and oxygen atoms in total. The number of benzene rings is 1. The summed E-state index contributed by atoms with van der Waals surface area (Å²) in [7, 11) is 2.82. The Balaban J connectivity index is 0.00000220. The third-order valence-electron chi connectivity index (χ3n) is 2.72. The fourth-order valence-electron chi connectivity index (χ4n) is 1.83. The Morgan fingerprint density at radius 2 is 1.52 bits per heavy atom. The van der Waals surface area contributed by atoms with Crippen LogP contribution in [0.25, 0.3) is 10.8 Å². The predicted molar refractivity (Wildman–Crippen MR) is 73.9 cm³/mol. The van der Waals surface area contributed by atoms with Gasteiger partial charge >= 0.3 is 6.03 Å². The Hall–Kier alpha value is -2.94. The molecule has 0 bridgehead atoms. The number of hydrogen-bond acceptors (Lipinski definition) is 6. The fourth-order valence-corrected chi connectivity index (χ4v) is 1.83. The second-order valence-corrected chi connectivity index (χ2v) is 3.85. The summed E-state index contributed by atoms with van der Waals surface area (Å²) in [5.74, 6) is 0.632. The van der Waals surface area contributed by atoms with E-state index in [-0.39, 0.29) is 16.2 Å². The van der Waals surface area contributed by atoms with Crippen LogP contribution >= 0.6 is 0 Å². The number of nitrogens with one attached hydrogen (secondary N) is 1. The van der Waals surface area contributed by atoms with Gasteiger partial charge in [-0.25, -0.2) is 10.2 Å². The zero-order chi connectivity index (χ0) is 14.9. The van der Waals surface area contributed by atoms with Crippen LogP contribution in [0, 0.1) is 0 Å². The number of methoxy groups -OCH3 is 2. The Kier molecular flexibility index (Phi) is 4.61. The number of carbonyl (C=O) groups excluding carboxylic acids is 1. The molecular weight excluding hydrogens is 282 g/mol. The Labute approximate surface area is 117 Å². The van der Waals surface area contributed by atoms with Gasteiger partial charge in [-0.2, -0.15) is 5.10 Å². The second-order valence-electron chi connectivity index (χ2n) is 3.85. The lowest BCUT2D eigenvalue weighted by Gasteiger charge is -2.06. The molecule has 0 radical (unpaired) electrons. The van der Waals surface area contributed by atoms with Gasteiger partial charge in [0.25, 0.3) is 0 Å². The predicted octanol–water partition coefficient (Wildman–Crippen LogP) is -1.89. The van der Waals surface area contributed by atoms with Crippen molar-refractivity contribution in [1.82, 2.24) is 5.43 Å². The van der Waals surface area contributed by atoms with E-state index in [1.807, 2.05) is 5.43 Å². The van der Waals surface area contributed by atoms with Crippen molar-refractivity contribution in [1.29, 1.82) is 0 Å². The first-order valence-electron chi connectivity index (χ1n) is 5.48. The summed E-state index contributed by atoms with van der Waals surface area (Å²) in [6.45, 7) is 0. The normalized spacial score (nSPS) is 9.81. The van der Waals surface area contributed by atoms with Gasteiger partial charge in [0.2, 0.25) is 10.9 Å². The summed E-state index contributed by atoms with van der Waals surface area (Å²) in [6.07, 6.45) is 0. The lowest BCUT2D eigenvalue weighted by molar-refractivity contribution is 0.249. The van der Waals surface area contributed by atoms with Crippen LogP contribution in [-0.4, -0.2) is 25.7 Å². The molecule has 0 fully saturated rings. The maximum atomic E-state index is 12.0. The van der Waals surface area contributed by atoms with Crippen LogP contribution in [0.3, 0.4) is 0 Å². The summed E-state index contributed by atoms with van der Waals surface area (Å²) in [5.41, 5.74) is 5.48. The summed E-state index contributed by atoms with van der Waals surface area (Å²) in [5, 5.41) is 3.29. The van der Waals surface area contributed by atoms with Crippen molar-refractivity contribution in [2.75, 3.05) is 14.2 Å². The molecule has 21 heavy (non-hydrogen) atoms. The molecule has 2 aromatic rings. The number of carbonyl (C=O) groups is 1. The summed E-state index contributed by atoms with van der Waals surface area (Å²) < 4.78 is 10.1. The summed E-state index contributed by atoms with van der Waals surface area (Å²) >= 11 is 0. The van der Waals surface area contributed by atoms with Crippen LogP contribution in [0.15, 0.2) is 26.8 Å². The van der Waals surface area contributed by atoms with Gasteiger partial charge in [-0.05, 0) is 12.1 Å². The molecule has 0 saturated carbocycles. The average molecular weight is 295 g/mol. The van der Waals surface area contributed by atoms with Crippen molar-refractivity contribution in [3.8, 4) is 11.5 Å². The van der Waals surface area contributed by atoms with Gasteiger partial charge in [0.05, 0.1) is 14.2 Å². The molecule has 0 aliphatic carbocycles. The number of ether oxygens (including phenoxy) is 2. The van der Waals surface area contributed by atoms with E-state index in [4.69, 9.17) is 15.2 Å². The largest absolute Gasteiger partial charge is 0.493 e. The van der Waals surface area contributed by atoms with Crippen molar-refractivity contribution in [3.63, 3.8) is 0 Å². The fraction of sp³-hybridized carbons (Fsp3) is 0.167. The standard InChI is InChI=1S/C12H11N3O5.H2O/c1-19-7-3-5-6(4-8(7)20-2)11(17)9(10(5)16)14-15-12(13)18;/h3-4H,1-2H3,(H3,13,15,18);1H2. The van der Waals surface area contributed by atoms with Crippen molar-refractivity contribution in [2.24, 2.45) is 10.8 Å². The van der Waals surface area contributed by atoms with E-state index in [9.17, 15) is 14.4 Å². The van der Waals surface area contributed by atoms with E-state index in [0.717, 1.165) is 0 Å². The topological polar surface area (TPSA) is 152 Å². The maximum Gasteiger partial charge on any atom is 0.332 e. The number of primary amides is 1. The van der Waals surface area contributed by atoms with Gasteiger partial charge in [0.15, 0.2) is 16.9 Å². The molecule has 0 aliphatic rings. The molecule has 2 amide bonds. The van der Waals surface area contributed by atoms with E-state index in [1.165, 1.54) is 26.4 Å². The minimum atomic E-state index is -0.968. The number of hydrogen-bond donors (Lipinski definition) is 2. The zero-order valence-electron chi connectivity index (χ0n) is 11.2. The second kappa shape index (κ2) is 6.01. The highest BCUT2D eigenvalue weighted by Crippen LogP contribution is 2.29. The lowest BCUT2D eigenvalue weighted by Crippen LogP contribution is -2.37. The number of amides is 2. The molecule has 0 heterocycles. The summed E-state index contributed by atoms with van der Waals surface area (Å²) in [6, 6.07) is 1.81. The zero-order valence-corrected chi connectivity index (χ0v) is 11.2. The van der Waals surface area contributed by atoms with E-state index < -0.39 is 22.2 Å². The third-order valence-corrected chi connectivity index (χ3v) is 2.72. The number of rotatable bonds is 3. The van der Waals surface area contributed by atoms with Crippen LogP contribution in [0.5, 0.6) is 11.5 Å². The molecule has 0 aliphatic heterocycles. The van der Waals surface area contributed by atoms with Gasteiger partial charge in [0.1, 0.15) is 0 Å². The highest BCUT2D eigenvalue weighted by molar-refractivity contribution is 5.87. The SMILES string of the molecule is COc1cc2c(=O)c(=NNC(N)=O)c(=O)c2cc1OC.O. The first-order chi connectivity index (χ1) is 9.49. The number of nitrogens with two attached hydrogens (primary N) is 1. The van der Waals surface area contributed by atoms with Gasteiger partial charge in [-0.1, -0.05) is 0 Å². The van der Waals surface area contributed by atoms with Crippen LogP contribution in [0.2, 0.25) is 0 Å². The monoisotopic (exact) mass is 295 g/mol. The molecule has 0 atom stereocenters. The molecule has 0 saturated heterocycles. The van der Waals surface area contributed by atoms with Crippen LogP contribution in [-0.2, 0) is 0 Å². The Bertz CT molecular complexity index is 777. The maximum absolute atomic E-state index is 12.0. The highest BCUT2D eigenvalue weighted by atomic mass is 16.5. The molecule has 5 N–H and O–H groups in total. The number of nitrogens with zero attached hydrogens (tertiary/aromatic N) is 1. The minimum absolute atomic E-state index is 0. The van der Waals surface area contributed by atoms with Crippen molar-refractivity contribution in [3.05, 3.63) is 37.9 Å². The average Bonchev–Trinajstić information content (AvgIpc) is 2.66. The van der Waals surface area contributed by atoms with E-state index >= 15 is 0 Å². The van der Waals surface area contributed by atoms with Gasteiger partial charge in [0, 0.05) is 10.8 Å². The Morgan fingerprint density at radius 1 is 1.10 bits per heavy atom. The van der Waals surface area contributed by atoms with Gasteiger partial charge in [-0.3, -0.25) is 9.59 Å². The first-order valence-corrected chi connectivity index (χ1v) is 5.48. The van der Waals surface area contributed by atoms with E-state index in [0.29, 0.717) is 11.5 Å². The Morgan fingerprint density at radius 3 is 1.86 bits per heavy atom. The molecule has 112 valence electrons. The highest BCUT2D eigenvalue weighted by Gasteiger charge is 2.15. The molecule has 0 unspecified atom stereocenters. The van der Waals surface area contributed by atoms with Gasteiger partial charge in [-0.15, -0.1) is 0 Å². The van der Waals surface area contributed by atoms with Crippen molar-refractivity contribution < 1.29 is 19.7 Å². The first kappa shape index (κ1) is 16.1. The molecule has 2 rings (SSSR count). The van der Waals surface area contributed by atoms with Crippen molar-refractivity contribution in [2.45, 2.75) is 0 Å². The summed E-state index contributed by atoms with van der Waals surface area (Å²) in [4.78, 5) is 34.7. The van der Waals surface area contributed by atoms with Crippen LogP contribution < -0.4 is 36.8 Å². The molecule has 2 aromatic carbocycles. The quantitative estimate of drug-likeness (QED) is 0.634. The molecular formula is C12H13N3O6. The minimum Gasteiger partial charge on any atom is -0.493 e. The van der Waals surface area contributed by atoms with E-state index in [2.05, 4.69) is 5.10 Å². The van der Waals surface area contributed by atoms with Crippen LogP contribution in [0.4, 0.5) is 4.79 Å². The van der Waals surface area contributed by atoms with E-state index in [1.54, 1.807) is 0 Å². The smallest absolute Gasteiger partial charge is 0.332 e. The molecule has 9 heteroatoms. The molecule has 0 aromatic heterocycles. The van der Waals surface area contributed by atoms with Crippen LogP contribution in [0.1, 0.15) is 0 Å².